The van der Waals surface area contributed by atoms with Gasteiger partial charge in [-0.2, -0.15) is 0 Å². The third-order valence-corrected chi connectivity index (χ3v) is 3.22. The smallest absolute Gasteiger partial charge is 0.221 e. The molecule has 0 fully saturated rings. The highest BCUT2D eigenvalue weighted by molar-refractivity contribution is 5.90. The maximum absolute atomic E-state index is 11.2. The third kappa shape index (κ3) is 3.99. The number of rotatable bonds is 5. The van der Waals surface area contributed by atoms with Crippen LogP contribution in [0.3, 0.4) is 0 Å². The maximum atomic E-state index is 11.2. The topological polar surface area (TPSA) is 50.4 Å². The summed E-state index contributed by atoms with van der Waals surface area (Å²) >= 11 is 0. The Kier molecular flexibility index (Phi) is 4.82. The summed E-state index contributed by atoms with van der Waals surface area (Å²) in [5, 5.41) is 6.18. The van der Waals surface area contributed by atoms with E-state index in [4.69, 9.17) is 4.74 Å². The maximum Gasteiger partial charge on any atom is 0.221 e. The Balaban J connectivity index is 2.11. The van der Waals surface area contributed by atoms with E-state index in [0.717, 1.165) is 28.3 Å². The van der Waals surface area contributed by atoms with E-state index in [1.54, 1.807) is 7.11 Å². The summed E-state index contributed by atoms with van der Waals surface area (Å²) < 4.78 is 5.33. The van der Waals surface area contributed by atoms with Gasteiger partial charge in [-0.15, -0.1) is 0 Å². The van der Waals surface area contributed by atoms with Crippen LogP contribution < -0.4 is 15.4 Å². The molecule has 1 amide bonds. The number of hydrogen-bond donors (Lipinski definition) is 2. The number of carbonyl (C=O) groups is 1. The molecule has 0 aliphatic carbocycles. The lowest BCUT2D eigenvalue weighted by molar-refractivity contribution is -0.114. The van der Waals surface area contributed by atoms with Crippen LogP contribution in [0.1, 0.15) is 18.1 Å². The molecule has 21 heavy (non-hydrogen) atoms. The fourth-order valence-electron chi connectivity index (χ4n) is 2.10. The molecule has 2 aromatic carbocycles. The van der Waals surface area contributed by atoms with Crippen molar-refractivity contribution < 1.29 is 9.53 Å². The van der Waals surface area contributed by atoms with Crippen LogP contribution in [0.4, 0.5) is 11.4 Å². The van der Waals surface area contributed by atoms with Gasteiger partial charge in [0.2, 0.25) is 5.91 Å². The van der Waals surface area contributed by atoms with Crippen LogP contribution in [0.5, 0.6) is 5.75 Å². The van der Waals surface area contributed by atoms with E-state index in [1.807, 2.05) is 49.4 Å². The van der Waals surface area contributed by atoms with E-state index in [0.29, 0.717) is 6.54 Å². The number of nitrogens with one attached hydrogen (secondary N) is 2. The van der Waals surface area contributed by atoms with Gasteiger partial charge in [-0.05, 0) is 30.7 Å². The molecule has 0 saturated carbocycles. The van der Waals surface area contributed by atoms with E-state index < -0.39 is 0 Å². The molecule has 4 nitrogen and oxygen atoms in total. The zero-order chi connectivity index (χ0) is 15.2. The Morgan fingerprint density at radius 2 is 1.95 bits per heavy atom. The number of para-hydroxylation sites is 1. The largest absolute Gasteiger partial charge is 0.496 e. The molecule has 2 N–H and O–H groups in total. The van der Waals surface area contributed by atoms with Crippen molar-refractivity contribution >= 4 is 17.3 Å². The van der Waals surface area contributed by atoms with Crippen LogP contribution in [0.15, 0.2) is 42.5 Å². The van der Waals surface area contributed by atoms with Crippen LogP contribution >= 0.6 is 0 Å². The molecular weight excluding hydrogens is 264 g/mol. The summed E-state index contributed by atoms with van der Waals surface area (Å²) in [6.07, 6.45) is 0. The minimum absolute atomic E-state index is 0.0695. The van der Waals surface area contributed by atoms with Crippen LogP contribution in [0.25, 0.3) is 0 Å². The Morgan fingerprint density at radius 3 is 2.67 bits per heavy atom. The van der Waals surface area contributed by atoms with Crippen LogP contribution in [-0.4, -0.2) is 13.0 Å². The van der Waals surface area contributed by atoms with E-state index >= 15 is 0 Å². The Hall–Kier alpha value is -2.49. The lowest BCUT2D eigenvalue weighted by atomic mass is 10.1. The Labute approximate surface area is 125 Å². The molecule has 0 bridgehead atoms. The number of methoxy groups -OCH3 is 1. The number of anilines is 2. The summed E-state index contributed by atoms with van der Waals surface area (Å²) in [5.41, 5.74) is 3.90. The molecule has 0 spiro atoms. The van der Waals surface area contributed by atoms with Gasteiger partial charge >= 0.3 is 0 Å². The number of carbonyl (C=O) groups excluding carboxylic acids is 1. The van der Waals surface area contributed by atoms with Crippen molar-refractivity contribution in [3.63, 3.8) is 0 Å². The van der Waals surface area contributed by atoms with Gasteiger partial charge in [-0.1, -0.05) is 24.3 Å². The molecule has 4 heteroatoms. The van der Waals surface area contributed by atoms with Crippen molar-refractivity contribution in [3.05, 3.63) is 53.6 Å². The van der Waals surface area contributed by atoms with Crippen molar-refractivity contribution in [2.24, 2.45) is 0 Å². The van der Waals surface area contributed by atoms with Crippen molar-refractivity contribution in [2.45, 2.75) is 20.4 Å². The quantitative estimate of drug-likeness (QED) is 0.882. The number of hydrogen-bond acceptors (Lipinski definition) is 3. The second-order valence-corrected chi connectivity index (χ2v) is 4.88. The average molecular weight is 284 g/mol. The van der Waals surface area contributed by atoms with Crippen LogP contribution in [0, 0.1) is 6.92 Å². The van der Waals surface area contributed by atoms with Crippen molar-refractivity contribution in [2.75, 3.05) is 17.7 Å². The summed E-state index contributed by atoms with van der Waals surface area (Å²) in [4.78, 5) is 11.2. The second-order valence-electron chi connectivity index (χ2n) is 4.88. The molecule has 0 atom stereocenters. The molecule has 0 aromatic heterocycles. The standard InChI is InChI=1S/C17H20N2O2/c1-12-8-9-15(10-16(12)19-13(2)20)18-11-14-6-4-5-7-17(14)21-3/h4-10,18H,11H2,1-3H3,(H,19,20). The van der Waals surface area contributed by atoms with E-state index in [2.05, 4.69) is 10.6 Å². The summed E-state index contributed by atoms with van der Waals surface area (Å²) in [6, 6.07) is 13.8. The molecule has 0 saturated heterocycles. The van der Waals surface area contributed by atoms with Gasteiger partial charge in [0.05, 0.1) is 7.11 Å². The lowest BCUT2D eigenvalue weighted by Crippen LogP contribution is -2.08. The van der Waals surface area contributed by atoms with Gasteiger partial charge < -0.3 is 15.4 Å². The zero-order valence-corrected chi connectivity index (χ0v) is 12.6. The zero-order valence-electron chi connectivity index (χ0n) is 12.6. The predicted molar refractivity (Wildman–Crippen MR) is 85.8 cm³/mol. The SMILES string of the molecule is COc1ccccc1CNc1ccc(C)c(NC(C)=O)c1. The molecule has 0 heterocycles. The van der Waals surface area contributed by atoms with Crippen molar-refractivity contribution in [3.8, 4) is 5.75 Å². The van der Waals surface area contributed by atoms with Crippen LogP contribution in [-0.2, 0) is 11.3 Å². The van der Waals surface area contributed by atoms with E-state index in [-0.39, 0.29) is 5.91 Å². The molecule has 0 aliphatic heterocycles. The Morgan fingerprint density at radius 1 is 1.19 bits per heavy atom. The normalized spacial score (nSPS) is 10.0. The third-order valence-electron chi connectivity index (χ3n) is 3.22. The minimum Gasteiger partial charge on any atom is -0.496 e. The van der Waals surface area contributed by atoms with Gasteiger partial charge in [0.15, 0.2) is 0 Å². The monoisotopic (exact) mass is 284 g/mol. The van der Waals surface area contributed by atoms with E-state index in [9.17, 15) is 4.79 Å². The number of aryl methyl sites for hydroxylation is 1. The highest BCUT2D eigenvalue weighted by atomic mass is 16.5. The molecule has 0 unspecified atom stereocenters. The van der Waals surface area contributed by atoms with Gasteiger partial charge in [0.25, 0.3) is 0 Å². The summed E-state index contributed by atoms with van der Waals surface area (Å²) in [7, 11) is 1.67. The minimum atomic E-state index is -0.0695. The molecule has 0 radical (unpaired) electrons. The highest BCUT2D eigenvalue weighted by Crippen LogP contribution is 2.23. The first-order valence-electron chi connectivity index (χ1n) is 6.84. The first-order valence-corrected chi connectivity index (χ1v) is 6.84. The molecule has 110 valence electrons. The molecule has 2 aromatic rings. The number of benzene rings is 2. The average Bonchev–Trinajstić information content (AvgIpc) is 2.48. The van der Waals surface area contributed by atoms with Crippen molar-refractivity contribution in [1.82, 2.24) is 0 Å². The van der Waals surface area contributed by atoms with Gasteiger partial charge in [0, 0.05) is 30.4 Å². The summed E-state index contributed by atoms with van der Waals surface area (Å²) in [5.74, 6) is 0.791. The summed E-state index contributed by atoms with van der Waals surface area (Å²) in [6.45, 7) is 4.14. The molecule has 2 rings (SSSR count). The lowest BCUT2D eigenvalue weighted by Gasteiger charge is -2.13. The fraction of sp³-hybridized carbons (Fsp3) is 0.235. The highest BCUT2D eigenvalue weighted by Gasteiger charge is 2.04. The first-order chi connectivity index (χ1) is 10.1. The van der Waals surface area contributed by atoms with E-state index in [1.165, 1.54) is 6.92 Å². The van der Waals surface area contributed by atoms with Crippen molar-refractivity contribution in [1.29, 1.82) is 0 Å². The van der Waals surface area contributed by atoms with Gasteiger partial charge in [-0.25, -0.2) is 0 Å². The first kappa shape index (κ1) is 14.9. The molecular formula is C17H20N2O2. The number of ether oxygens (including phenoxy) is 1. The van der Waals surface area contributed by atoms with Gasteiger partial charge in [0.1, 0.15) is 5.75 Å². The fourth-order valence-corrected chi connectivity index (χ4v) is 2.10. The molecule has 0 aliphatic rings. The second kappa shape index (κ2) is 6.79. The van der Waals surface area contributed by atoms with Gasteiger partial charge in [-0.3, -0.25) is 4.79 Å². The van der Waals surface area contributed by atoms with Crippen LogP contribution in [0.2, 0.25) is 0 Å². The number of amides is 1. The predicted octanol–water partition coefficient (Wildman–Crippen LogP) is 3.57. The Bertz CT molecular complexity index is 638.